The van der Waals surface area contributed by atoms with Gasteiger partial charge in [-0.25, -0.2) is 0 Å². The van der Waals surface area contributed by atoms with Gasteiger partial charge in [-0.1, -0.05) is 162 Å². The summed E-state index contributed by atoms with van der Waals surface area (Å²) in [6.07, 6.45) is 32.5. The number of aliphatic hydroxyl groups excluding tert-OH is 1. The fraction of sp³-hybridized carbons (Fsp3) is 0.891. The SMILES string of the molecule is CCCCCCCCCCCCCCCCCC(=O)O[C@H]1CC[C@]2(C)C3CC[C@@]4(C)C(CC[C@@H]4[C@H](C)/C=C/[C@H](C)C(C)C)C3=C[C@@H](O)[C@@]2(O)C1. The normalized spacial score (nSPS) is 35.0. The van der Waals surface area contributed by atoms with Crippen molar-refractivity contribution in [1.82, 2.24) is 0 Å². The Labute approximate surface area is 309 Å². The van der Waals surface area contributed by atoms with Gasteiger partial charge in [-0.05, 0) is 85.9 Å². The van der Waals surface area contributed by atoms with Gasteiger partial charge in [0, 0.05) is 18.3 Å². The van der Waals surface area contributed by atoms with Gasteiger partial charge in [-0.2, -0.15) is 0 Å². The second-order valence-corrected chi connectivity index (χ2v) is 18.7. The molecular formula is C46H80O4. The zero-order chi connectivity index (χ0) is 36.4. The van der Waals surface area contributed by atoms with Gasteiger partial charge < -0.3 is 14.9 Å². The first-order chi connectivity index (χ1) is 23.9. The average Bonchev–Trinajstić information content (AvgIpc) is 3.44. The number of hydrogen-bond acceptors (Lipinski definition) is 4. The number of carbonyl (C=O) groups excluding carboxylic acids is 1. The Hall–Kier alpha value is -1.13. The lowest BCUT2D eigenvalue weighted by Crippen LogP contribution is -2.65. The summed E-state index contributed by atoms with van der Waals surface area (Å²) in [4.78, 5) is 12.9. The first-order valence-corrected chi connectivity index (χ1v) is 21.9. The molecule has 2 unspecified atom stereocenters. The largest absolute Gasteiger partial charge is 0.462 e. The summed E-state index contributed by atoms with van der Waals surface area (Å²) in [5.74, 6) is 3.08. The van der Waals surface area contributed by atoms with Crippen LogP contribution in [0.2, 0.25) is 0 Å². The van der Waals surface area contributed by atoms with Gasteiger partial charge in [0.2, 0.25) is 0 Å². The van der Waals surface area contributed by atoms with Crippen molar-refractivity contribution in [3.05, 3.63) is 23.8 Å². The highest BCUT2D eigenvalue weighted by Gasteiger charge is 2.65. The third-order valence-electron chi connectivity index (χ3n) is 15.0. The van der Waals surface area contributed by atoms with Crippen LogP contribution in [0, 0.1) is 46.3 Å². The number of esters is 1. The van der Waals surface area contributed by atoms with Crippen molar-refractivity contribution in [3.8, 4) is 0 Å². The fourth-order valence-corrected chi connectivity index (χ4v) is 11.1. The molecule has 2 N–H and O–H groups in total. The summed E-state index contributed by atoms with van der Waals surface area (Å²) in [6, 6.07) is 0. The van der Waals surface area contributed by atoms with Crippen molar-refractivity contribution in [3.63, 3.8) is 0 Å². The van der Waals surface area contributed by atoms with E-state index in [0.717, 1.165) is 32.1 Å². The molecule has 0 saturated heterocycles. The Morgan fingerprint density at radius 1 is 0.800 bits per heavy atom. The lowest BCUT2D eigenvalue weighted by Gasteiger charge is -2.62. The highest BCUT2D eigenvalue weighted by atomic mass is 16.5. The van der Waals surface area contributed by atoms with Crippen molar-refractivity contribution in [1.29, 1.82) is 0 Å². The van der Waals surface area contributed by atoms with Gasteiger partial charge in [0.25, 0.3) is 0 Å². The Morgan fingerprint density at radius 3 is 1.96 bits per heavy atom. The van der Waals surface area contributed by atoms with Crippen LogP contribution >= 0.6 is 0 Å². The molecule has 4 heteroatoms. The molecular weight excluding hydrogens is 617 g/mol. The molecule has 4 rings (SSSR count). The third-order valence-corrected chi connectivity index (χ3v) is 15.0. The summed E-state index contributed by atoms with van der Waals surface area (Å²) in [5, 5.41) is 23.9. The van der Waals surface area contributed by atoms with E-state index in [1.165, 1.54) is 108 Å². The zero-order valence-electron chi connectivity index (χ0n) is 33.8. The molecule has 0 radical (unpaired) electrons. The van der Waals surface area contributed by atoms with Crippen LogP contribution in [0.5, 0.6) is 0 Å². The van der Waals surface area contributed by atoms with Gasteiger partial charge in [0.1, 0.15) is 17.8 Å². The topological polar surface area (TPSA) is 66.8 Å². The van der Waals surface area contributed by atoms with Crippen LogP contribution in [-0.2, 0) is 9.53 Å². The quantitative estimate of drug-likeness (QED) is 0.0712. The van der Waals surface area contributed by atoms with Gasteiger partial charge in [-0.3, -0.25) is 4.79 Å². The van der Waals surface area contributed by atoms with E-state index < -0.39 is 17.1 Å². The minimum Gasteiger partial charge on any atom is -0.462 e. The van der Waals surface area contributed by atoms with E-state index in [1.807, 2.05) is 0 Å². The predicted octanol–water partition coefficient (Wildman–Crippen LogP) is 12.3. The highest BCUT2D eigenvalue weighted by Crippen LogP contribution is 2.67. The number of carbonyl (C=O) groups is 1. The maximum absolute atomic E-state index is 12.9. The molecule has 0 aromatic carbocycles. The monoisotopic (exact) mass is 697 g/mol. The molecule has 0 spiro atoms. The number of allylic oxidation sites excluding steroid dienone is 3. The summed E-state index contributed by atoms with van der Waals surface area (Å²) < 4.78 is 6.00. The number of ether oxygens (including phenoxy) is 1. The molecule has 0 heterocycles. The van der Waals surface area contributed by atoms with E-state index in [9.17, 15) is 15.0 Å². The molecule has 0 aliphatic heterocycles. The van der Waals surface area contributed by atoms with E-state index in [2.05, 4.69) is 66.7 Å². The standard InChI is InChI=1S/C46H80O4/c1-8-9-10-11-12-13-14-15-16-17-18-19-20-21-22-23-43(48)50-37-28-31-45(7)41-29-30-44(6)39(36(5)25-24-35(4)34(2)3)26-27-40(44)38(41)32-42(47)46(45,49)33-37/h24-25,32,34-37,39-42,47,49H,8-23,26-31,33H2,1-7H3/b25-24+/t35-,36+,37-,39+,40?,41?,42+,44+,45+,46-/m0/s1. The number of aliphatic hydroxyl groups is 2. The number of hydrogen-bond donors (Lipinski definition) is 2. The van der Waals surface area contributed by atoms with E-state index in [0.29, 0.717) is 42.4 Å². The first-order valence-electron chi connectivity index (χ1n) is 21.9. The molecule has 50 heavy (non-hydrogen) atoms. The second-order valence-electron chi connectivity index (χ2n) is 18.7. The average molecular weight is 697 g/mol. The van der Waals surface area contributed by atoms with Crippen molar-refractivity contribution in [2.75, 3.05) is 0 Å². The molecule has 10 atom stereocenters. The summed E-state index contributed by atoms with van der Waals surface area (Å²) in [7, 11) is 0. The van der Waals surface area contributed by atoms with Gasteiger partial charge in [0.15, 0.2) is 0 Å². The van der Waals surface area contributed by atoms with Crippen LogP contribution in [0.25, 0.3) is 0 Å². The minimum absolute atomic E-state index is 0.130. The first kappa shape index (κ1) is 41.6. The number of fused-ring (bicyclic) bond motifs is 5. The highest BCUT2D eigenvalue weighted by molar-refractivity contribution is 5.69. The molecule has 4 aliphatic rings. The molecule has 288 valence electrons. The predicted molar refractivity (Wildman–Crippen MR) is 210 cm³/mol. The Morgan fingerprint density at radius 2 is 1.38 bits per heavy atom. The van der Waals surface area contributed by atoms with Crippen LogP contribution in [0.3, 0.4) is 0 Å². The van der Waals surface area contributed by atoms with Gasteiger partial charge in [-0.15, -0.1) is 0 Å². The Bertz CT molecular complexity index is 1090. The summed E-state index contributed by atoms with van der Waals surface area (Å²) >= 11 is 0. The van der Waals surface area contributed by atoms with Crippen molar-refractivity contribution in [2.24, 2.45) is 46.3 Å². The Balaban J connectivity index is 1.19. The lowest BCUT2D eigenvalue weighted by atomic mass is 9.45. The smallest absolute Gasteiger partial charge is 0.306 e. The van der Waals surface area contributed by atoms with E-state index in [1.54, 1.807) is 0 Å². The molecule has 3 saturated carbocycles. The van der Waals surface area contributed by atoms with Gasteiger partial charge >= 0.3 is 5.97 Å². The third kappa shape index (κ3) is 9.89. The second kappa shape index (κ2) is 19.3. The number of rotatable bonds is 21. The maximum Gasteiger partial charge on any atom is 0.306 e. The summed E-state index contributed by atoms with van der Waals surface area (Å²) in [6.45, 7) is 16.4. The van der Waals surface area contributed by atoms with Crippen LogP contribution in [0.15, 0.2) is 23.8 Å². The van der Waals surface area contributed by atoms with Crippen LogP contribution in [-0.4, -0.2) is 34.0 Å². The maximum atomic E-state index is 12.9. The van der Waals surface area contributed by atoms with Crippen LogP contribution in [0.1, 0.15) is 196 Å². The molecule has 3 fully saturated rings. The van der Waals surface area contributed by atoms with Crippen LogP contribution < -0.4 is 0 Å². The number of unbranched alkanes of at least 4 members (excludes halogenated alkanes) is 14. The molecule has 4 nitrogen and oxygen atoms in total. The Kier molecular flexibility index (Phi) is 16.0. The summed E-state index contributed by atoms with van der Waals surface area (Å²) in [5.41, 5.74) is 0.00787. The zero-order valence-corrected chi connectivity index (χ0v) is 33.8. The molecule has 0 aromatic heterocycles. The molecule has 0 bridgehead atoms. The van der Waals surface area contributed by atoms with Crippen molar-refractivity contribution < 1.29 is 19.7 Å². The molecule has 0 amide bonds. The lowest BCUT2D eigenvalue weighted by molar-refractivity contribution is -0.216. The van der Waals surface area contributed by atoms with Crippen molar-refractivity contribution in [2.45, 2.75) is 214 Å². The van der Waals surface area contributed by atoms with Gasteiger partial charge in [0.05, 0.1) is 0 Å². The van der Waals surface area contributed by atoms with Crippen molar-refractivity contribution >= 4 is 5.97 Å². The van der Waals surface area contributed by atoms with E-state index >= 15 is 0 Å². The van der Waals surface area contributed by atoms with Crippen LogP contribution in [0.4, 0.5) is 0 Å². The van der Waals surface area contributed by atoms with E-state index in [4.69, 9.17) is 4.74 Å². The fourth-order valence-electron chi connectivity index (χ4n) is 11.1. The molecule has 4 aliphatic carbocycles. The molecule has 0 aromatic rings. The van der Waals surface area contributed by atoms with E-state index in [-0.39, 0.29) is 23.4 Å². The minimum atomic E-state index is -1.26.